The van der Waals surface area contributed by atoms with Crippen molar-refractivity contribution in [3.63, 3.8) is 0 Å². The van der Waals surface area contributed by atoms with Crippen LogP contribution in [0.1, 0.15) is 0 Å². The van der Waals surface area contributed by atoms with Gasteiger partial charge in [-0.3, -0.25) is 0 Å². The Labute approximate surface area is 151 Å². The van der Waals surface area contributed by atoms with Gasteiger partial charge in [-0.1, -0.05) is 0 Å². The van der Waals surface area contributed by atoms with Crippen molar-refractivity contribution < 1.29 is 4.74 Å². The lowest BCUT2D eigenvalue weighted by atomic mass is 10.1. The monoisotopic (exact) mass is 351 g/mol. The highest BCUT2D eigenvalue weighted by Gasteiger charge is 2.24. The first-order valence-electron chi connectivity index (χ1n) is 8.49. The van der Waals surface area contributed by atoms with Gasteiger partial charge in [0.05, 0.1) is 31.4 Å². The highest BCUT2D eigenvalue weighted by molar-refractivity contribution is 5.74. The van der Waals surface area contributed by atoms with Crippen molar-refractivity contribution in [1.29, 1.82) is 0 Å². The van der Waals surface area contributed by atoms with Crippen LogP contribution in [0.2, 0.25) is 0 Å². The number of fused-ring (bicyclic) bond motifs is 1. The molecule has 2 aromatic heterocycles. The summed E-state index contributed by atoms with van der Waals surface area (Å²) in [4.78, 5) is 22.3. The second-order valence-corrected chi connectivity index (χ2v) is 6.39. The number of rotatable bonds is 3. The quantitative estimate of drug-likeness (QED) is 0.751. The fourth-order valence-electron chi connectivity index (χ4n) is 3.05. The standard InChI is InChI=1S/C18H21N7O/c1-24-7-8-25(16(19)11-24)18-21-10-15-17(23-18)20-9-14(22-15)12-3-5-13(26-2)6-4-12/h3-6,9-10,16H,7-8,11,19H2,1-2H3. The highest BCUT2D eigenvalue weighted by Crippen LogP contribution is 2.22. The Morgan fingerprint density at radius 2 is 1.88 bits per heavy atom. The van der Waals surface area contributed by atoms with Crippen molar-refractivity contribution in [2.24, 2.45) is 5.73 Å². The van der Waals surface area contributed by atoms with E-state index in [9.17, 15) is 0 Å². The minimum absolute atomic E-state index is 0.127. The number of nitrogens with two attached hydrogens (primary N) is 1. The molecule has 8 nitrogen and oxygen atoms in total. The summed E-state index contributed by atoms with van der Waals surface area (Å²) in [7, 11) is 3.71. The molecule has 0 amide bonds. The first kappa shape index (κ1) is 16.6. The van der Waals surface area contributed by atoms with Crippen LogP contribution in [0.15, 0.2) is 36.7 Å². The van der Waals surface area contributed by atoms with Gasteiger partial charge in [-0.25, -0.2) is 15.0 Å². The predicted molar refractivity (Wildman–Crippen MR) is 99.9 cm³/mol. The predicted octanol–water partition coefficient (Wildman–Crippen LogP) is 1.13. The van der Waals surface area contributed by atoms with Crippen molar-refractivity contribution >= 4 is 17.1 Å². The molecule has 3 aromatic rings. The summed E-state index contributed by atoms with van der Waals surface area (Å²) < 4.78 is 5.19. The average Bonchev–Trinajstić information content (AvgIpc) is 2.67. The van der Waals surface area contributed by atoms with Crippen LogP contribution < -0.4 is 15.4 Å². The number of ether oxygens (including phenoxy) is 1. The molecule has 8 heteroatoms. The van der Waals surface area contributed by atoms with E-state index in [0.29, 0.717) is 17.1 Å². The Hall–Kier alpha value is -2.84. The van der Waals surface area contributed by atoms with Gasteiger partial charge < -0.3 is 20.3 Å². The van der Waals surface area contributed by atoms with E-state index < -0.39 is 0 Å². The zero-order valence-electron chi connectivity index (χ0n) is 14.8. The van der Waals surface area contributed by atoms with E-state index in [1.165, 1.54) is 0 Å². The smallest absolute Gasteiger partial charge is 0.228 e. The van der Waals surface area contributed by atoms with E-state index in [1.54, 1.807) is 19.5 Å². The normalized spacial score (nSPS) is 18.3. The Morgan fingerprint density at radius 1 is 1.08 bits per heavy atom. The van der Waals surface area contributed by atoms with Gasteiger partial charge in [0, 0.05) is 25.2 Å². The summed E-state index contributed by atoms with van der Waals surface area (Å²) in [6, 6.07) is 7.70. The first-order chi connectivity index (χ1) is 12.6. The molecule has 0 bridgehead atoms. The summed E-state index contributed by atoms with van der Waals surface area (Å²) in [5.74, 6) is 1.41. The SMILES string of the molecule is COc1ccc(-c2cnc3nc(N4CCN(C)CC4N)ncc3n2)cc1. The van der Waals surface area contributed by atoms with Gasteiger partial charge in [0.1, 0.15) is 11.3 Å². The molecule has 1 aromatic carbocycles. The lowest BCUT2D eigenvalue weighted by Gasteiger charge is -2.37. The number of benzene rings is 1. The van der Waals surface area contributed by atoms with Crippen molar-refractivity contribution in [2.75, 3.05) is 38.7 Å². The maximum Gasteiger partial charge on any atom is 0.228 e. The molecule has 1 atom stereocenters. The second kappa shape index (κ2) is 6.81. The van der Waals surface area contributed by atoms with Gasteiger partial charge in [-0.2, -0.15) is 4.98 Å². The minimum atomic E-state index is -0.127. The number of methoxy groups -OCH3 is 1. The zero-order chi connectivity index (χ0) is 18.1. The average molecular weight is 351 g/mol. The van der Waals surface area contributed by atoms with Gasteiger partial charge >= 0.3 is 0 Å². The molecule has 0 saturated carbocycles. The van der Waals surface area contributed by atoms with E-state index in [1.807, 2.05) is 29.2 Å². The number of anilines is 1. The first-order valence-corrected chi connectivity index (χ1v) is 8.49. The molecule has 0 radical (unpaired) electrons. The van der Waals surface area contributed by atoms with Crippen LogP contribution >= 0.6 is 0 Å². The number of hydrogen-bond donors (Lipinski definition) is 1. The lowest BCUT2D eigenvalue weighted by molar-refractivity contribution is 0.268. The molecule has 1 aliphatic rings. The number of likely N-dealkylation sites (N-methyl/N-ethyl adjacent to an activating group) is 1. The fraction of sp³-hybridized carbons (Fsp3) is 0.333. The van der Waals surface area contributed by atoms with Crippen LogP contribution in [0.5, 0.6) is 5.75 Å². The molecule has 134 valence electrons. The van der Waals surface area contributed by atoms with Crippen LogP contribution in [-0.2, 0) is 0 Å². The van der Waals surface area contributed by atoms with Crippen molar-refractivity contribution in [2.45, 2.75) is 6.17 Å². The van der Waals surface area contributed by atoms with Crippen molar-refractivity contribution in [1.82, 2.24) is 24.8 Å². The third-order valence-corrected chi connectivity index (χ3v) is 4.55. The van der Waals surface area contributed by atoms with Crippen LogP contribution in [0.4, 0.5) is 5.95 Å². The van der Waals surface area contributed by atoms with Crippen molar-refractivity contribution in [3.8, 4) is 17.0 Å². The molecular weight excluding hydrogens is 330 g/mol. The van der Waals surface area contributed by atoms with Crippen LogP contribution in [0, 0.1) is 0 Å². The maximum atomic E-state index is 6.23. The third-order valence-electron chi connectivity index (χ3n) is 4.55. The van der Waals surface area contributed by atoms with Gasteiger partial charge in [0.25, 0.3) is 0 Å². The topological polar surface area (TPSA) is 93.3 Å². The summed E-state index contributed by atoms with van der Waals surface area (Å²) in [5, 5.41) is 0. The Morgan fingerprint density at radius 3 is 2.62 bits per heavy atom. The largest absolute Gasteiger partial charge is 0.497 e. The Kier molecular flexibility index (Phi) is 4.36. The van der Waals surface area contributed by atoms with E-state index in [0.717, 1.165) is 36.6 Å². The molecule has 1 unspecified atom stereocenters. The summed E-state index contributed by atoms with van der Waals surface area (Å²) >= 11 is 0. The summed E-state index contributed by atoms with van der Waals surface area (Å²) in [6.45, 7) is 2.50. The number of nitrogens with zero attached hydrogens (tertiary/aromatic N) is 6. The minimum Gasteiger partial charge on any atom is -0.497 e. The molecule has 4 rings (SSSR count). The highest BCUT2D eigenvalue weighted by atomic mass is 16.5. The molecule has 2 N–H and O–H groups in total. The van der Waals surface area contributed by atoms with Crippen molar-refractivity contribution in [3.05, 3.63) is 36.7 Å². The fourth-order valence-corrected chi connectivity index (χ4v) is 3.05. The second-order valence-electron chi connectivity index (χ2n) is 6.39. The van der Waals surface area contributed by atoms with Gasteiger partial charge in [-0.15, -0.1) is 0 Å². The molecule has 0 spiro atoms. The molecule has 3 heterocycles. The molecular formula is C18H21N7O. The van der Waals surface area contributed by atoms with Crippen LogP contribution in [0.25, 0.3) is 22.4 Å². The van der Waals surface area contributed by atoms with E-state index in [4.69, 9.17) is 10.5 Å². The molecule has 1 fully saturated rings. The molecule has 1 aliphatic heterocycles. The van der Waals surface area contributed by atoms with E-state index in [2.05, 4.69) is 31.9 Å². The third kappa shape index (κ3) is 3.16. The van der Waals surface area contributed by atoms with Crippen LogP contribution in [-0.4, -0.2) is 64.8 Å². The Bertz CT molecular complexity index is 915. The number of hydrogen-bond acceptors (Lipinski definition) is 8. The van der Waals surface area contributed by atoms with E-state index in [-0.39, 0.29) is 6.17 Å². The van der Waals surface area contributed by atoms with Crippen LogP contribution in [0.3, 0.4) is 0 Å². The maximum absolute atomic E-state index is 6.23. The van der Waals surface area contributed by atoms with Gasteiger partial charge in [-0.05, 0) is 31.3 Å². The summed E-state index contributed by atoms with van der Waals surface area (Å²) in [5.41, 5.74) is 9.19. The summed E-state index contributed by atoms with van der Waals surface area (Å²) in [6.07, 6.45) is 3.31. The molecule has 0 aliphatic carbocycles. The Balaban J connectivity index is 1.63. The number of aromatic nitrogens is 4. The van der Waals surface area contributed by atoms with Gasteiger partial charge in [0.2, 0.25) is 5.95 Å². The molecule has 26 heavy (non-hydrogen) atoms. The zero-order valence-corrected chi connectivity index (χ0v) is 14.8. The van der Waals surface area contributed by atoms with E-state index >= 15 is 0 Å². The molecule has 1 saturated heterocycles. The van der Waals surface area contributed by atoms with Gasteiger partial charge in [0.15, 0.2) is 5.65 Å². The number of piperazine rings is 1. The lowest BCUT2D eigenvalue weighted by Crippen LogP contribution is -2.56.